The molecule has 0 radical (unpaired) electrons. The van der Waals surface area contributed by atoms with Gasteiger partial charge in [0.2, 0.25) is 0 Å². The Morgan fingerprint density at radius 2 is 1.69 bits per heavy atom. The average molecular weight is 472 g/mol. The highest BCUT2D eigenvalue weighted by Crippen LogP contribution is 2.27. The second kappa shape index (κ2) is 9.38. The van der Waals surface area contributed by atoms with Crippen LogP contribution in [0.1, 0.15) is 47.9 Å². The van der Waals surface area contributed by atoms with Crippen LogP contribution in [-0.4, -0.2) is 29.6 Å². The van der Waals surface area contributed by atoms with Crippen LogP contribution < -0.4 is 10.3 Å². The predicted molar refractivity (Wildman–Crippen MR) is 134 cm³/mol. The zero-order valence-electron chi connectivity index (χ0n) is 20.8. The molecule has 180 valence electrons. The molecule has 0 spiro atoms. The van der Waals surface area contributed by atoms with Gasteiger partial charge in [0, 0.05) is 29.3 Å². The van der Waals surface area contributed by atoms with Crippen LogP contribution in [0.5, 0.6) is 5.75 Å². The molecular formula is C27H29N5O3. The van der Waals surface area contributed by atoms with Gasteiger partial charge in [-0.25, -0.2) is 9.97 Å². The second-order valence-corrected chi connectivity index (χ2v) is 9.09. The van der Waals surface area contributed by atoms with Gasteiger partial charge in [-0.1, -0.05) is 6.07 Å². The van der Waals surface area contributed by atoms with Crippen LogP contribution in [0.25, 0.3) is 17.1 Å². The first kappa shape index (κ1) is 24.2. The molecule has 4 aromatic rings. The molecule has 0 aromatic carbocycles. The van der Waals surface area contributed by atoms with E-state index < -0.39 is 5.60 Å². The maximum atomic E-state index is 13.5. The highest BCUT2D eigenvalue weighted by Gasteiger charge is 2.21. The zero-order valence-corrected chi connectivity index (χ0v) is 20.8. The molecule has 0 fully saturated rings. The molecule has 0 aliphatic heterocycles. The quantitative estimate of drug-likeness (QED) is 0.451. The van der Waals surface area contributed by atoms with Gasteiger partial charge in [-0.2, -0.15) is 0 Å². The molecule has 8 nitrogen and oxygen atoms in total. The Labute approximate surface area is 204 Å². The van der Waals surface area contributed by atoms with Crippen molar-refractivity contribution in [3.05, 3.63) is 93.2 Å². The van der Waals surface area contributed by atoms with Crippen LogP contribution >= 0.6 is 0 Å². The summed E-state index contributed by atoms with van der Waals surface area (Å²) in [4.78, 5) is 31.0. The van der Waals surface area contributed by atoms with E-state index in [9.17, 15) is 9.90 Å². The van der Waals surface area contributed by atoms with Crippen molar-refractivity contribution in [2.45, 2.75) is 53.8 Å². The van der Waals surface area contributed by atoms with E-state index in [1.54, 1.807) is 55.9 Å². The van der Waals surface area contributed by atoms with Gasteiger partial charge in [-0.05, 0) is 71.9 Å². The fourth-order valence-electron chi connectivity index (χ4n) is 3.88. The molecule has 0 saturated heterocycles. The lowest BCUT2D eigenvalue weighted by atomic mass is 10.1. The van der Waals surface area contributed by atoms with Crippen molar-refractivity contribution in [1.82, 2.24) is 24.5 Å². The number of aromatic nitrogens is 5. The van der Waals surface area contributed by atoms with Crippen LogP contribution in [0.15, 0.2) is 53.6 Å². The molecule has 4 heterocycles. The lowest BCUT2D eigenvalue weighted by Crippen LogP contribution is -2.25. The number of ether oxygens (including phenoxy) is 1. The maximum Gasteiger partial charge on any atom is 0.261 e. The molecule has 0 aliphatic rings. The molecule has 0 atom stereocenters. The van der Waals surface area contributed by atoms with E-state index in [2.05, 4.69) is 19.9 Å². The fourth-order valence-corrected chi connectivity index (χ4v) is 3.88. The molecule has 0 bridgehead atoms. The van der Waals surface area contributed by atoms with E-state index >= 15 is 0 Å². The number of hydrogen-bond donors (Lipinski definition) is 1. The Balaban J connectivity index is 1.73. The van der Waals surface area contributed by atoms with Gasteiger partial charge in [-0.3, -0.25) is 19.3 Å². The van der Waals surface area contributed by atoms with E-state index in [1.807, 2.05) is 39.0 Å². The molecule has 35 heavy (non-hydrogen) atoms. The Bertz CT molecular complexity index is 1450. The first-order chi connectivity index (χ1) is 16.6. The number of hydrogen-bond acceptors (Lipinski definition) is 7. The summed E-state index contributed by atoms with van der Waals surface area (Å²) in [5.74, 6) is 0.874. The number of pyridine rings is 3. The van der Waals surface area contributed by atoms with Gasteiger partial charge in [-0.15, -0.1) is 0 Å². The lowest BCUT2D eigenvalue weighted by molar-refractivity contribution is 0.0688. The Kier molecular flexibility index (Phi) is 6.49. The van der Waals surface area contributed by atoms with Crippen LogP contribution in [-0.2, 0) is 12.2 Å². The molecule has 0 aliphatic carbocycles. The van der Waals surface area contributed by atoms with E-state index in [-0.39, 0.29) is 12.2 Å². The summed E-state index contributed by atoms with van der Waals surface area (Å²) in [5, 5.41) is 10.3. The predicted octanol–water partition coefficient (Wildman–Crippen LogP) is 4.12. The van der Waals surface area contributed by atoms with E-state index in [0.717, 1.165) is 22.6 Å². The van der Waals surface area contributed by atoms with Crippen molar-refractivity contribution in [3.63, 3.8) is 0 Å². The molecule has 4 aromatic heterocycles. The third kappa shape index (κ3) is 4.97. The van der Waals surface area contributed by atoms with Crippen LogP contribution in [0.3, 0.4) is 0 Å². The summed E-state index contributed by atoms with van der Waals surface area (Å²) in [6.45, 7) is 11.1. The Morgan fingerprint density at radius 1 is 0.943 bits per heavy atom. The molecule has 4 rings (SSSR count). The summed E-state index contributed by atoms with van der Waals surface area (Å²) in [5.41, 5.74) is 4.33. The number of aliphatic hydroxyl groups is 1. The third-order valence-corrected chi connectivity index (χ3v) is 5.86. The molecule has 0 unspecified atom stereocenters. The topological polar surface area (TPSA) is 103 Å². The van der Waals surface area contributed by atoms with Crippen molar-refractivity contribution < 1.29 is 9.84 Å². The van der Waals surface area contributed by atoms with Gasteiger partial charge in [0.1, 0.15) is 18.0 Å². The van der Waals surface area contributed by atoms with E-state index in [1.165, 1.54) is 0 Å². The normalized spacial score (nSPS) is 11.5. The van der Waals surface area contributed by atoms with Crippen molar-refractivity contribution in [2.24, 2.45) is 0 Å². The van der Waals surface area contributed by atoms with Crippen molar-refractivity contribution in [2.75, 3.05) is 0 Å². The van der Waals surface area contributed by atoms with Crippen molar-refractivity contribution in [3.8, 4) is 22.8 Å². The minimum Gasteiger partial charge on any atom is -0.486 e. The Morgan fingerprint density at radius 3 is 2.40 bits per heavy atom. The Hall–Kier alpha value is -3.91. The second-order valence-electron chi connectivity index (χ2n) is 9.09. The zero-order chi connectivity index (χ0) is 25.3. The highest BCUT2D eigenvalue weighted by atomic mass is 16.5. The van der Waals surface area contributed by atoms with Gasteiger partial charge in [0.05, 0.1) is 28.3 Å². The largest absolute Gasteiger partial charge is 0.486 e. The number of aryl methyl sites for hydroxylation is 1. The first-order valence-corrected chi connectivity index (χ1v) is 11.4. The van der Waals surface area contributed by atoms with Gasteiger partial charge >= 0.3 is 0 Å². The van der Waals surface area contributed by atoms with Crippen LogP contribution in [0.2, 0.25) is 0 Å². The van der Waals surface area contributed by atoms with Gasteiger partial charge < -0.3 is 9.84 Å². The van der Waals surface area contributed by atoms with Gasteiger partial charge in [0.15, 0.2) is 5.82 Å². The monoisotopic (exact) mass is 471 g/mol. The SMILES string of the molecule is Cc1cccc(COc2c(C)c(C)n(-c3ccnc(-c4ccnc(C(C)(C)O)n4)c3)c(=O)c2C)n1. The van der Waals surface area contributed by atoms with Crippen molar-refractivity contribution >= 4 is 0 Å². The molecule has 0 amide bonds. The lowest BCUT2D eigenvalue weighted by Gasteiger charge is -2.19. The summed E-state index contributed by atoms with van der Waals surface area (Å²) >= 11 is 0. The number of rotatable bonds is 6. The smallest absolute Gasteiger partial charge is 0.261 e. The van der Waals surface area contributed by atoms with E-state index in [0.29, 0.717) is 34.2 Å². The first-order valence-electron chi connectivity index (χ1n) is 11.4. The molecular weight excluding hydrogens is 442 g/mol. The highest BCUT2D eigenvalue weighted by molar-refractivity contribution is 5.58. The average Bonchev–Trinajstić information content (AvgIpc) is 2.83. The van der Waals surface area contributed by atoms with Gasteiger partial charge in [0.25, 0.3) is 5.56 Å². The van der Waals surface area contributed by atoms with Crippen LogP contribution in [0.4, 0.5) is 0 Å². The summed E-state index contributed by atoms with van der Waals surface area (Å²) in [6, 6.07) is 11.1. The summed E-state index contributed by atoms with van der Waals surface area (Å²) < 4.78 is 7.73. The summed E-state index contributed by atoms with van der Waals surface area (Å²) in [6.07, 6.45) is 3.23. The number of nitrogens with zero attached hydrogens (tertiary/aromatic N) is 5. The minimum atomic E-state index is -1.18. The van der Waals surface area contributed by atoms with Crippen LogP contribution in [0, 0.1) is 27.7 Å². The molecule has 0 saturated carbocycles. The standard InChI is InChI=1S/C27H29N5O3/c1-16-8-7-9-20(30-16)15-35-24-17(2)19(4)32(25(33)18(24)3)21-10-12-28-23(14-21)22-11-13-29-26(31-22)27(5,6)34/h7-14,34H,15H2,1-6H3. The third-order valence-electron chi connectivity index (χ3n) is 5.86. The summed E-state index contributed by atoms with van der Waals surface area (Å²) in [7, 11) is 0. The van der Waals surface area contributed by atoms with E-state index in [4.69, 9.17) is 4.74 Å². The maximum absolute atomic E-state index is 13.5. The van der Waals surface area contributed by atoms with Crippen molar-refractivity contribution in [1.29, 1.82) is 0 Å². The molecule has 1 N–H and O–H groups in total. The minimum absolute atomic E-state index is 0.169. The molecule has 8 heteroatoms. The fraction of sp³-hybridized carbons (Fsp3) is 0.296.